The standard InChI is InChI=1S/C28H34ClN7O3S.C25H28Cl2N6O3S.C3H7N.CH4.ClH/c1-40(38,39)32-22-9-7-19(29)14-21(22)28(37)34-12-3-2-5-24(34)23-15-26-30-25(33-10-4-11-33)16-27(36(26)31-23)35-17-18-6-8-20(35)13-18;1-37(35,36)30-19-8-6-16(26)11-18(19)25(34)31-9-3-2-4-21(31)20-12-23-28-22(27)13-24(33(23)29-20)32-14-15-5-7-17(32)10-15;1-2-4-3-1;;/h7,9,14-16,18,20,24,32H,2-6,8,10-13,17H2,1H3;6,8,11-13,15,17,21,30H,2-5,7,9-10,14H2,1H3;4H,1-3H2;1H4;1H/t18-,20+,24+;15-,17+,21+;;;/m11.../s1. The van der Waals surface area contributed by atoms with Crippen molar-refractivity contribution in [3.8, 4) is 0 Å². The van der Waals surface area contributed by atoms with E-state index in [9.17, 15) is 26.4 Å². The third kappa shape index (κ3) is 13.1. The molecular formula is C57H74Cl4N14O6S2. The quantitative estimate of drug-likeness (QED) is 0.103. The second-order valence-corrected chi connectivity index (χ2v) is 27.9. The summed E-state index contributed by atoms with van der Waals surface area (Å²) in [4.78, 5) is 48.1. The second-order valence-electron chi connectivity index (χ2n) is 23.2. The van der Waals surface area contributed by atoms with Crippen LogP contribution in [0.4, 0.5) is 28.8 Å². The Morgan fingerprint density at radius 3 is 1.43 bits per heavy atom. The summed E-state index contributed by atoms with van der Waals surface area (Å²) in [6.07, 6.45) is 17.2. The fourth-order valence-electron chi connectivity index (χ4n) is 13.2. The van der Waals surface area contributed by atoms with E-state index in [1.807, 2.05) is 32.1 Å². The van der Waals surface area contributed by atoms with Crippen LogP contribution in [-0.4, -0.2) is 145 Å². The van der Waals surface area contributed by atoms with Gasteiger partial charge in [-0.2, -0.15) is 19.2 Å². The third-order valence-electron chi connectivity index (χ3n) is 17.3. The molecule has 6 aliphatic heterocycles. The summed E-state index contributed by atoms with van der Waals surface area (Å²) in [5.41, 5.74) is 3.89. The first-order valence-corrected chi connectivity index (χ1v) is 33.4. The highest BCUT2D eigenvalue weighted by molar-refractivity contribution is 7.92. The summed E-state index contributed by atoms with van der Waals surface area (Å²) in [5.74, 6) is 3.93. The molecule has 4 bridgehead atoms. The molecule has 448 valence electrons. The van der Waals surface area contributed by atoms with Crippen LogP contribution >= 0.6 is 47.2 Å². The number of sulfonamides is 2. The summed E-state index contributed by atoms with van der Waals surface area (Å²) >= 11 is 18.9. The van der Waals surface area contributed by atoms with Crippen molar-refractivity contribution >= 4 is 119 Å². The monoisotopic (exact) mass is 1250 g/mol. The van der Waals surface area contributed by atoms with Gasteiger partial charge in [-0.15, -0.1) is 12.4 Å². The number of hydrogen-bond acceptors (Lipinski definition) is 14. The van der Waals surface area contributed by atoms with Crippen LogP contribution in [0.5, 0.6) is 0 Å². The molecule has 20 nitrogen and oxygen atoms in total. The van der Waals surface area contributed by atoms with Gasteiger partial charge in [-0.25, -0.2) is 26.8 Å². The number of rotatable bonds is 11. The zero-order chi connectivity index (χ0) is 56.3. The van der Waals surface area contributed by atoms with Gasteiger partial charge in [0.15, 0.2) is 11.3 Å². The Balaban J connectivity index is 0.000000170. The summed E-state index contributed by atoms with van der Waals surface area (Å²) in [5, 5.41) is 14.3. The number of likely N-dealkylation sites (tertiary alicyclic amines) is 2. The molecule has 2 amide bonds. The van der Waals surface area contributed by atoms with E-state index in [4.69, 9.17) is 50.0 Å². The van der Waals surface area contributed by atoms with Gasteiger partial charge in [0, 0.05) is 85.7 Å². The molecule has 6 saturated heterocycles. The van der Waals surface area contributed by atoms with E-state index < -0.39 is 20.0 Å². The average molecular weight is 1260 g/mol. The minimum Gasteiger partial charge on any atom is -0.356 e. The smallest absolute Gasteiger partial charge is 0.256 e. The lowest BCUT2D eigenvalue weighted by atomic mass is 9.98. The van der Waals surface area contributed by atoms with Crippen molar-refractivity contribution in [3.63, 3.8) is 0 Å². The first-order chi connectivity index (χ1) is 38.9. The summed E-state index contributed by atoms with van der Waals surface area (Å²) in [7, 11) is -7.17. The number of fused-ring (bicyclic) bond motifs is 6. The Kier molecular flexibility index (Phi) is 18.2. The molecule has 26 heteroatoms. The summed E-state index contributed by atoms with van der Waals surface area (Å²) in [6.45, 7) is 7.66. The molecule has 6 atom stereocenters. The molecule has 0 radical (unpaired) electrons. The Bertz CT molecular complexity index is 3620. The van der Waals surface area contributed by atoms with Crippen molar-refractivity contribution in [1.29, 1.82) is 0 Å². The predicted octanol–water partition coefficient (Wildman–Crippen LogP) is 10.1. The third-order valence-corrected chi connectivity index (χ3v) is 19.2. The number of piperidine rings is 4. The highest BCUT2D eigenvalue weighted by atomic mass is 35.5. The summed E-state index contributed by atoms with van der Waals surface area (Å²) in [6, 6.07) is 17.8. The van der Waals surface area contributed by atoms with Gasteiger partial charge in [0.1, 0.15) is 22.6 Å². The second kappa shape index (κ2) is 24.9. The van der Waals surface area contributed by atoms with Crippen LogP contribution < -0.4 is 29.5 Å². The summed E-state index contributed by atoms with van der Waals surface area (Å²) < 4.78 is 56.7. The van der Waals surface area contributed by atoms with Crippen LogP contribution in [0.2, 0.25) is 15.2 Å². The van der Waals surface area contributed by atoms with E-state index in [1.54, 1.807) is 17.0 Å². The topological polar surface area (TPSA) is 215 Å². The Morgan fingerprint density at radius 2 is 1.04 bits per heavy atom. The minimum atomic E-state index is -3.59. The average Bonchev–Trinajstić information content (AvgIpc) is 3.59. The van der Waals surface area contributed by atoms with E-state index in [1.165, 1.54) is 88.7 Å². The largest absolute Gasteiger partial charge is 0.356 e. The van der Waals surface area contributed by atoms with Gasteiger partial charge in [-0.3, -0.25) is 19.0 Å². The van der Waals surface area contributed by atoms with Crippen molar-refractivity contribution in [3.05, 3.63) is 98.4 Å². The number of nitrogens with one attached hydrogen (secondary N) is 3. The number of carbonyl (C=O) groups excluding carboxylic acids is 2. The lowest BCUT2D eigenvalue weighted by molar-refractivity contribution is 0.0600. The number of carbonyl (C=O) groups is 2. The molecular weight excluding hydrogens is 1180 g/mol. The normalized spacial score (nSPS) is 23.6. The molecule has 3 N–H and O–H groups in total. The Labute approximate surface area is 507 Å². The number of hydrogen-bond donors (Lipinski definition) is 3. The predicted molar refractivity (Wildman–Crippen MR) is 331 cm³/mol. The van der Waals surface area contributed by atoms with Crippen LogP contribution in [-0.2, 0) is 20.0 Å². The van der Waals surface area contributed by atoms with Gasteiger partial charge < -0.3 is 29.8 Å². The van der Waals surface area contributed by atoms with E-state index >= 15 is 0 Å². The highest BCUT2D eigenvalue weighted by Crippen LogP contribution is 2.44. The number of halogens is 4. The molecule has 0 unspecified atom stereocenters. The number of benzene rings is 2. The molecule has 8 aliphatic rings. The number of amides is 2. The van der Waals surface area contributed by atoms with E-state index in [2.05, 4.69) is 40.5 Å². The molecule has 14 rings (SSSR count). The zero-order valence-corrected chi connectivity index (χ0v) is 50.7. The van der Waals surface area contributed by atoms with Crippen molar-refractivity contribution in [2.45, 2.75) is 121 Å². The van der Waals surface area contributed by atoms with E-state index in [-0.39, 0.29) is 66.2 Å². The van der Waals surface area contributed by atoms with Crippen LogP contribution in [0.25, 0.3) is 11.3 Å². The van der Waals surface area contributed by atoms with E-state index in [0.29, 0.717) is 51.9 Å². The first kappa shape index (κ1) is 60.8. The van der Waals surface area contributed by atoms with Crippen molar-refractivity contribution in [2.75, 3.05) is 89.0 Å². The van der Waals surface area contributed by atoms with Crippen molar-refractivity contribution in [2.24, 2.45) is 11.8 Å². The maximum atomic E-state index is 14.0. The number of nitrogens with zero attached hydrogens (tertiary/aromatic N) is 11. The highest BCUT2D eigenvalue weighted by Gasteiger charge is 2.42. The molecule has 0 spiro atoms. The maximum absolute atomic E-state index is 14.0. The van der Waals surface area contributed by atoms with Crippen LogP contribution in [0.1, 0.15) is 142 Å². The number of anilines is 5. The minimum absolute atomic E-state index is 0. The lowest BCUT2D eigenvalue weighted by Crippen LogP contribution is -2.39. The Hall–Kier alpha value is -5.36. The van der Waals surface area contributed by atoms with Gasteiger partial charge in [0.05, 0.1) is 58.5 Å². The van der Waals surface area contributed by atoms with Gasteiger partial charge in [-0.1, -0.05) is 42.2 Å². The molecule has 2 aromatic carbocycles. The molecule has 4 aromatic heterocycles. The lowest BCUT2D eigenvalue weighted by Gasteiger charge is -2.35. The molecule has 2 aliphatic carbocycles. The van der Waals surface area contributed by atoms with Crippen molar-refractivity contribution in [1.82, 2.24) is 44.3 Å². The van der Waals surface area contributed by atoms with Crippen LogP contribution in [0, 0.1) is 11.8 Å². The fraction of sp³-hybridized carbons (Fsp3) is 0.544. The number of aromatic nitrogens is 6. The molecule has 6 aromatic rings. The SMILES string of the molecule is C.C1CNC1.CS(=O)(=O)Nc1ccc(Cl)cc1C(=O)N1CCCC[C@H]1c1cc2nc(Cl)cc(N3C[C@@H]4CC[C@H]3C4)n2n1.CS(=O)(=O)Nc1ccc(Cl)cc1C(=O)N1CCCC[C@H]1c1cc2nc(N3CCC3)cc(N3C[C@@H]4CC[C@H]3C4)n2n1.Cl. The molecule has 83 heavy (non-hydrogen) atoms. The molecule has 10 heterocycles. The van der Waals surface area contributed by atoms with Gasteiger partial charge >= 0.3 is 0 Å². The maximum Gasteiger partial charge on any atom is 0.256 e. The van der Waals surface area contributed by atoms with Gasteiger partial charge in [0.2, 0.25) is 20.0 Å². The van der Waals surface area contributed by atoms with E-state index in [0.717, 1.165) is 118 Å². The fourth-order valence-corrected chi connectivity index (χ4v) is 14.9. The Morgan fingerprint density at radius 1 is 0.578 bits per heavy atom. The van der Waals surface area contributed by atoms with Crippen LogP contribution in [0.15, 0.2) is 60.7 Å². The van der Waals surface area contributed by atoms with Gasteiger partial charge in [-0.05, 0) is 151 Å². The molecule has 8 fully saturated rings. The first-order valence-electron chi connectivity index (χ1n) is 28.5. The van der Waals surface area contributed by atoms with Crippen molar-refractivity contribution < 1.29 is 26.4 Å². The van der Waals surface area contributed by atoms with Crippen LogP contribution in [0.3, 0.4) is 0 Å². The molecule has 2 saturated carbocycles. The zero-order valence-electron chi connectivity index (χ0n) is 46.0. The van der Waals surface area contributed by atoms with Gasteiger partial charge in [0.25, 0.3) is 11.8 Å².